The van der Waals surface area contributed by atoms with Crippen LogP contribution in [0.5, 0.6) is 11.5 Å². The number of hydrogen-bond acceptors (Lipinski definition) is 5. The third-order valence-electron chi connectivity index (χ3n) is 6.49. The molecule has 0 bridgehead atoms. The molecule has 29 heavy (non-hydrogen) atoms. The number of likely N-dealkylation sites (N-methyl/N-ethyl adjacent to an activating group) is 1. The number of hydrogen-bond donors (Lipinski definition) is 1. The first-order valence-corrected chi connectivity index (χ1v) is 9.71. The first kappa shape index (κ1) is 17.8. The number of anilines is 2. The summed E-state index contributed by atoms with van der Waals surface area (Å²) in [5.74, 6) is 0.219. The van der Waals surface area contributed by atoms with Crippen LogP contribution in [-0.4, -0.2) is 29.7 Å². The van der Waals surface area contributed by atoms with Gasteiger partial charge in [0.05, 0.1) is 11.1 Å². The van der Waals surface area contributed by atoms with Gasteiger partial charge in [-0.15, -0.1) is 0 Å². The van der Waals surface area contributed by atoms with Crippen molar-refractivity contribution in [3.63, 3.8) is 0 Å². The minimum atomic E-state index is -0.848. The lowest BCUT2D eigenvalue weighted by atomic mass is 9.76. The number of benzene rings is 2. The molecule has 0 aromatic heterocycles. The van der Waals surface area contributed by atoms with Crippen molar-refractivity contribution in [3.8, 4) is 11.5 Å². The molecule has 6 heteroatoms. The predicted octanol–water partition coefficient (Wildman–Crippen LogP) is 3.58. The first-order chi connectivity index (χ1) is 13.8. The first-order valence-electron chi connectivity index (χ1n) is 9.71. The second-order valence-corrected chi connectivity index (χ2v) is 8.34. The standard InChI is InChI=1S/C23H22N2O4/c1-22(2)16-13-15(25-19(27)9-10-20(25)28)7-8-17(16)24(3)23(22)12-11-14-5-4-6-18(26)21(14)29-23/h4-8,11-13,26H,9-10H2,1-3H3. The summed E-state index contributed by atoms with van der Waals surface area (Å²) in [7, 11) is 1.95. The van der Waals surface area contributed by atoms with E-state index < -0.39 is 11.1 Å². The molecule has 1 unspecified atom stereocenters. The Morgan fingerprint density at radius 3 is 2.52 bits per heavy atom. The largest absolute Gasteiger partial charge is 0.504 e. The number of amides is 2. The van der Waals surface area contributed by atoms with Crippen LogP contribution in [0.3, 0.4) is 0 Å². The molecule has 2 amide bonds. The number of phenols is 1. The van der Waals surface area contributed by atoms with Crippen molar-refractivity contribution in [2.45, 2.75) is 37.8 Å². The Hall–Kier alpha value is -3.28. The highest BCUT2D eigenvalue weighted by atomic mass is 16.5. The van der Waals surface area contributed by atoms with Gasteiger partial charge in [-0.2, -0.15) is 0 Å². The molecule has 1 N–H and O–H groups in total. The fourth-order valence-electron chi connectivity index (χ4n) is 4.81. The Morgan fingerprint density at radius 1 is 1.07 bits per heavy atom. The van der Waals surface area contributed by atoms with E-state index in [0.29, 0.717) is 11.4 Å². The van der Waals surface area contributed by atoms with Gasteiger partial charge < -0.3 is 14.7 Å². The molecule has 5 rings (SSSR count). The molecule has 1 fully saturated rings. The van der Waals surface area contributed by atoms with Gasteiger partial charge in [-0.25, -0.2) is 0 Å². The Labute approximate surface area is 169 Å². The monoisotopic (exact) mass is 390 g/mol. The third kappa shape index (κ3) is 2.17. The van der Waals surface area contributed by atoms with Crippen LogP contribution in [0.4, 0.5) is 11.4 Å². The fourth-order valence-corrected chi connectivity index (χ4v) is 4.81. The molecule has 2 aromatic carbocycles. The normalized spacial score (nSPS) is 24.1. The number of rotatable bonds is 1. The number of phenolic OH excluding ortho intramolecular Hbond substituents is 1. The van der Waals surface area contributed by atoms with Crippen LogP contribution in [0.1, 0.15) is 37.8 Å². The van der Waals surface area contributed by atoms with E-state index in [1.165, 1.54) is 4.90 Å². The molecule has 1 saturated heterocycles. The Bertz CT molecular complexity index is 1090. The molecule has 1 spiro atoms. The van der Waals surface area contributed by atoms with E-state index in [-0.39, 0.29) is 30.4 Å². The van der Waals surface area contributed by atoms with Gasteiger partial charge in [0.1, 0.15) is 0 Å². The molecule has 1 atom stereocenters. The molecule has 0 saturated carbocycles. The molecular weight excluding hydrogens is 368 g/mol. The summed E-state index contributed by atoms with van der Waals surface area (Å²) in [6, 6.07) is 11.0. The molecule has 148 valence electrons. The molecule has 3 aliphatic rings. The summed E-state index contributed by atoms with van der Waals surface area (Å²) in [6.45, 7) is 4.14. The number of imide groups is 1. The van der Waals surface area contributed by atoms with Gasteiger partial charge in [0.2, 0.25) is 17.5 Å². The number of para-hydroxylation sites is 1. The number of ether oxygens (including phenoxy) is 1. The average Bonchev–Trinajstić information content (AvgIpc) is 3.11. The van der Waals surface area contributed by atoms with Gasteiger partial charge >= 0.3 is 0 Å². The van der Waals surface area contributed by atoms with E-state index >= 15 is 0 Å². The van der Waals surface area contributed by atoms with E-state index in [1.54, 1.807) is 12.1 Å². The number of carbonyl (C=O) groups excluding carboxylic acids is 2. The molecular formula is C23H22N2O4. The number of aromatic hydroxyl groups is 1. The molecule has 2 aromatic rings. The van der Waals surface area contributed by atoms with Crippen LogP contribution < -0.4 is 14.5 Å². The predicted molar refractivity (Wildman–Crippen MR) is 110 cm³/mol. The zero-order valence-corrected chi connectivity index (χ0v) is 16.6. The van der Waals surface area contributed by atoms with Crippen LogP contribution in [-0.2, 0) is 15.0 Å². The van der Waals surface area contributed by atoms with Crippen molar-refractivity contribution < 1.29 is 19.4 Å². The van der Waals surface area contributed by atoms with Crippen molar-refractivity contribution >= 4 is 29.3 Å². The van der Waals surface area contributed by atoms with Gasteiger partial charge in [-0.05, 0) is 55.8 Å². The minimum Gasteiger partial charge on any atom is -0.504 e. The Kier molecular flexibility index (Phi) is 3.45. The molecule has 3 aliphatic heterocycles. The smallest absolute Gasteiger partial charge is 0.234 e. The van der Waals surface area contributed by atoms with Crippen molar-refractivity contribution in [3.05, 3.63) is 53.6 Å². The average molecular weight is 390 g/mol. The topological polar surface area (TPSA) is 70.1 Å². The zero-order chi connectivity index (χ0) is 20.6. The second-order valence-electron chi connectivity index (χ2n) is 8.34. The van der Waals surface area contributed by atoms with E-state index in [2.05, 4.69) is 13.8 Å². The summed E-state index contributed by atoms with van der Waals surface area (Å²) < 4.78 is 6.47. The summed E-state index contributed by atoms with van der Waals surface area (Å²) in [5.41, 5.74) is 1.99. The van der Waals surface area contributed by atoms with Gasteiger partial charge in [0.15, 0.2) is 11.5 Å². The maximum atomic E-state index is 12.2. The third-order valence-corrected chi connectivity index (χ3v) is 6.49. The maximum Gasteiger partial charge on any atom is 0.234 e. The van der Waals surface area contributed by atoms with Crippen molar-refractivity contribution in [1.82, 2.24) is 0 Å². The maximum absolute atomic E-state index is 12.2. The van der Waals surface area contributed by atoms with Gasteiger partial charge in [-0.1, -0.05) is 12.1 Å². The highest BCUT2D eigenvalue weighted by Crippen LogP contribution is 2.56. The lowest BCUT2D eigenvalue weighted by molar-refractivity contribution is -0.121. The molecule has 6 nitrogen and oxygen atoms in total. The molecule has 0 radical (unpaired) electrons. The molecule has 0 aliphatic carbocycles. The Balaban J connectivity index is 1.63. The number of nitrogens with zero attached hydrogens (tertiary/aromatic N) is 2. The summed E-state index contributed by atoms with van der Waals surface area (Å²) in [6.07, 6.45) is 4.49. The van der Waals surface area contributed by atoms with Crippen molar-refractivity contribution in [2.24, 2.45) is 0 Å². The van der Waals surface area contributed by atoms with Crippen LogP contribution in [0, 0.1) is 0 Å². The van der Waals surface area contributed by atoms with Gasteiger partial charge in [0, 0.05) is 31.1 Å². The lowest BCUT2D eigenvalue weighted by Crippen LogP contribution is -2.58. The zero-order valence-electron chi connectivity index (χ0n) is 16.6. The van der Waals surface area contributed by atoms with Gasteiger partial charge in [0.25, 0.3) is 0 Å². The molecule has 3 heterocycles. The van der Waals surface area contributed by atoms with Crippen molar-refractivity contribution in [2.75, 3.05) is 16.8 Å². The van der Waals surface area contributed by atoms with Crippen LogP contribution in [0.2, 0.25) is 0 Å². The SMILES string of the molecule is CN1c2ccc(N3C(=O)CCC3=O)cc2C(C)(C)C12C=Cc1cccc(O)c1O2. The fraction of sp³-hybridized carbons (Fsp3) is 0.304. The van der Waals surface area contributed by atoms with Crippen molar-refractivity contribution in [1.29, 1.82) is 0 Å². The lowest BCUT2D eigenvalue weighted by Gasteiger charge is -2.45. The van der Waals surface area contributed by atoms with E-state index in [1.807, 2.05) is 48.4 Å². The van der Waals surface area contributed by atoms with Crippen LogP contribution in [0.25, 0.3) is 6.08 Å². The summed E-state index contributed by atoms with van der Waals surface area (Å²) >= 11 is 0. The quantitative estimate of drug-likeness (QED) is 0.754. The minimum absolute atomic E-state index is 0.0975. The highest BCUT2D eigenvalue weighted by molar-refractivity contribution is 6.20. The summed E-state index contributed by atoms with van der Waals surface area (Å²) in [5, 5.41) is 10.4. The highest BCUT2D eigenvalue weighted by Gasteiger charge is 2.58. The number of fused-ring (bicyclic) bond motifs is 2. The van der Waals surface area contributed by atoms with Crippen LogP contribution >= 0.6 is 0 Å². The van der Waals surface area contributed by atoms with E-state index in [0.717, 1.165) is 16.8 Å². The Morgan fingerprint density at radius 2 is 1.79 bits per heavy atom. The van der Waals surface area contributed by atoms with Gasteiger partial charge in [-0.3, -0.25) is 14.5 Å². The van der Waals surface area contributed by atoms with E-state index in [4.69, 9.17) is 4.74 Å². The van der Waals surface area contributed by atoms with E-state index in [9.17, 15) is 14.7 Å². The number of carbonyl (C=O) groups is 2. The summed E-state index contributed by atoms with van der Waals surface area (Å²) in [4.78, 5) is 27.7. The second kappa shape index (κ2) is 5.63. The van der Waals surface area contributed by atoms with Crippen LogP contribution in [0.15, 0.2) is 42.5 Å².